The van der Waals surface area contributed by atoms with Gasteiger partial charge in [0.1, 0.15) is 17.2 Å². The number of nitrogens with one attached hydrogen (secondary N) is 1. The number of amides is 1. The number of pyridine rings is 1. The topological polar surface area (TPSA) is 59.8 Å². The van der Waals surface area contributed by atoms with Crippen LogP contribution in [0.15, 0.2) is 85.1 Å². The van der Waals surface area contributed by atoms with Gasteiger partial charge in [-0.1, -0.05) is 35.9 Å². The van der Waals surface area contributed by atoms with Crippen molar-refractivity contribution in [3.8, 4) is 16.9 Å². The molecule has 0 aliphatic heterocycles. The number of carbonyl (C=O) groups is 1. The van der Waals surface area contributed by atoms with E-state index in [1.165, 1.54) is 18.2 Å². The Kier molecular flexibility index (Phi) is 6.62. The van der Waals surface area contributed by atoms with Gasteiger partial charge in [0.25, 0.3) is 5.91 Å². The van der Waals surface area contributed by atoms with E-state index in [0.29, 0.717) is 38.6 Å². The molecule has 1 unspecified atom stereocenters. The molecule has 5 aromatic rings. The SMILES string of the molecule is CC(NC(=O)c1ccc2c(-c3ccccc3Cl)nn(-c3ccc(F)cc3)c2c1)c1ccc(C(F)(F)F)nc1. The van der Waals surface area contributed by atoms with Gasteiger partial charge in [0, 0.05) is 22.7 Å². The maximum Gasteiger partial charge on any atom is 0.433 e. The molecule has 0 bridgehead atoms. The molecule has 0 aliphatic carbocycles. The standard InChI is InChI=1S/C28H19ClF4N4O/c1-16(18-7-13-25(34-15-18)28(31,32)33)35-27(38)17-6-12-22-24(14-17)37(20-10-8-19(30)9-11-20)36-26(22)21-4-2-3-5-23(21)29/h2-16H,1H3,(H,35,38). The van der Waals surface area contributed by atoms with Crippen molar-refractivity contribution in [3.05, 3.63) is 113 Å². The highest BCUT2D eigenvalue weighted by molar-refractivity contribution is 6.33. The number of nitrogens with zero attached hydrogens (tertiary/aromatic N) is 3. The molecule has 5 nitrogen and oxygen atoms in total. The summed E-state index contributed by atoms with van der Waals surface area (Å²) in [4.78, 5) is 16.6. The van der Waals surface area contributed by atoms with Crippen molar-refractivity contribution in [2.45, 2.75) is 19.1 Å². The Labute approximate surface area is 219 Å². The molecule has 0 spiro atoms. The molecule has 1 atom stereocenters. The third-order valence-corrected chi connectivity index (χ3v) is 6.40. The summed E-state index contributed by atoms with van der Waals surface area (Å²) in [6.45, 7) is 1.65. The minimum atomic E-state index is -4.54. The molecule has 0 aliphatic rings. The van der Waals surface area contributed by atoms with Crippen LogP contribution < -0.4 is 5.32 Å². The molecule has 0 saturated carbocycles. The van der Waals surface area contributed by atoms with Crippen molar-refractivity contribution < 1.29 is 22.4 Å². The molecule has 2 heterocycles. The first-order valence-electron chi connectivity index (χ1n) is 11.5. The minimum absolute atomic E-state index is 0.304. The summed E-state index contributed by atoms with van der Waals surface area (Å²) in [5.41, 5.74) is 2.17. The van der Waals surface area contributed by atoms with Gasteiger partial charge in [-0.15, -0.1) is 0 Å². The smallest absolute Gasteiger partial charge is 0.345 e. The van der Waals surface area contributed by atoms with Gasteiger partial charge < -0.3 is 5.32 Å². The molecular weight excluding hydrogens is 520 g/mol. The Bertz CT molecular complexity index is 1630. The van der Waals surface area contributed by atoms with Crippen molar-refractivity contribution >= 4 is 28.4 Å². The number of halogens is 5. The van der Waals surface area contributed by atoms with Crippen LogP contribution in [0.4, 0.5) is 17.6 Å². The number of carbonyl (C=O) groups excluding carboxylic acids is 1. The molecule has 38 heavy (non-hydrogen) atoms. The Hall–Kier alpha value is -4.24. The molecule has 1 N–H and O–H groups in total. The van der Waals surface area contributed by atoms with Gasteiger partial charge in [0.2, 0.25) is 0 Å². The number of aromatic nitrogens is 3. The highest BCUT2D eigenvalue weighted by atomic mass is 35.5. The van der Waals surface area contributed by atoms with E-state index in [4.69, 9.17) is 16.7 Å². The Balaban J connectivity index is 1.51. The number of hydrogen-bond acceptors (Lipinski definition) is 3. The third kappa shape index (κ3) is 4.97. The fraction of sp³-hybridized carbons (Fsp3) is 0.107. The zero-order valence-electron chi connectivity index (χ0n) is 19.8. The predicted molar refractivity (Wildman–Crippen MR) is 137 cm³/mol. The number of benzene rings is 3. The molecule has 3 aromatic carbocycles. The van der Waals surface area contributed by atoms with Crippen LogP contribution in [-0.4, -0.2) is 20.7 Å². The first-order chi connectivity index (χ1) is 18.1. The first kappa shape index (κ1) is 25.4. The van der Waals surface area contributed by atoms with E-state index in [0.717, 1.165) is 17.6 Å². The maximum atomic E-state index is 13.6. The normalized spacial score (nSPS) is 12.5. The average molecular weight is 539 g/mol. The summed E-state index contributed by atoms with van der Waals surface area (Å²) in [7, 11) is 0. The fourth-order valence-electron chi connectivity index (χ4n) is 4.08. The molecule has 5 rings (SSSR count). The largest absolute Gasteiger partial charge is 0.433 e. The lowest BCUT2D eigenvalue weighted by Crippen LogP contribution is -2.26. The molecule has 1 amide bonds. The highest BCUT2D eigenvalue weighted by Crippen LogP contribution is 2.34. The van der Waals surface area contributed by atoms with Gasteiger partial charge in [-0.2, -0.15) is 18.3 Å². The second-order valence-corrected chi connectivity index (χ2v) is 9.03. The lowest BCUT2D eigenvalue weighted by molar-refractivity contribution is -0.141. The van der Waals surface area contributed by atoms with E-state index in [9.17, 15) is 22.4 Å². The predicted octanol–water partition coefficient (Wildman–Crippen LogP) is 7.39. The van der Waals surface area contributed by atoms with E-state index in [2.05, 4.69) is 10.3 Å². The molecule has 0 saturated heterocycles. The molecule has 10 heteroatoms. The van der Waals surface area contributed by atoms with E-state index >= 15 is 0 Å². The van der Waals surface area contributed by atoms with Gasteiger partial charge in [-0.05, 0) is 67.1 Å². The molecule has 192 valence electrons. The summed E-state index contributed by atoms with van der Waals surface area (Å²) in [6.07, 6.45) is -3.45. The summed E-state index contributed by atoms with van der Waals surface area (Å²) in [6, 6.07) is 19.6. The van der Waals surface area contributed by atoms with Gasteiger partial charge in [0.15, 0.2) is 0 Å². The number of alkyl halides is 3. The number of hydrogen-bond donors (Lipinski definition) is 1. The van der Waals surface area contributed by atoms with Crippen LogP contribution in [0.3, 0.4) is 0 Å². The van der Waals surface area contributed by atoms with Crippen molar-refractivity contribution in [2.24, 2.45) is 0 Å². The van der Waals surface area contributed by atoms with Crippen LogP contribution in [0.1, 0.15) is 34.6 Å². The summed E-state index contributed by atoms with van der Waals surface area (Å²) in [5, 5.41) is 8.74. The van der Waals surface area contributed by atoms with Crippen molar-refractivity contribution in [2.75, 3.05) is 0 Å². The van der Waals surface area contributed by atoms with E-state index in [1.54, 1.807) is 54.1 Å². The Morgan fingerprint density at radius 1 is 1.00 bits per heavy atom. The van der Waals surface area contributed by atoms with E-state index < -0.39 is 29.6 Å². The maximum absolute atomic E-state index is 13.6. The van der Waals surface area contributed by atoms with Crippen molar-refractivity contribution in [3.63, 3.8) is 0 Å². The number of rotatable bonds is 5. The lowest BCUT2D eigenvalue weighted by atomic mass is 10.0. The van der Waals surface area contributed by atoms with Gasteiger partial charge in [0.05, 0.1) is 22.3 Å². The fourth-order valence-corrected chi connectivity index (χ4v) is 4.31. The minimum Gasteiger partial charge on any atom is -0.345 e. The average Bonchev–Trinajstić information content (AvgIpc) is 3.27. The zero-order valence-corrected chi connectivity index (χ0v) is 20.6. The Morgan fingerprint density at radius 3 is 2.39 bits per heavy atom. The monoisotopic (exact) mass is 538 g/mol. The molecule has 0 fully saturated rings. The Morgan fingerprint density at radius 2 is 1.74 bits per heavy atom. The summed E-state index contributed by atoms with van der Waals surface area (Å²) >= 11 is 6.44. The highest BCUT2D eigenvalue weighted by Gasteiger charge is 2.32. The molecular formula is C28H19ClF4N4O. The van der Waals surface area contributed by atoms with Crippen LogP contribution in [0.5, 0.6) is 0 Å². The molecule has 0 radical (unpaired) electrons. The van der Waals surface area contributed by atoms with Crippen LogP contribution in [0.25, 0.3) is 27.8 Å². The van der Waals surface area contributed by atoms with E-state index in [1.807, 2.05) is 12.1 Å². The summed E-state index contributed by atoms with van der Waals surface area (Å²) in [5.74, 6) is -0.839. The molecule has 2 aromatic heterocycles. The third-order valence-electron chi connectivity index (χ3n) is 6.07. The van der Waals surface area contributed by atoms with Crippen LogP contribution in [0, 0.1) is 5.82 Å². The zero-order chi connectivity index (χ0) is 27.0. The lowest BCUT2D eigenvalue weighted by Gasteiger charge is -2.15. The van der Waals surface area contributed by atoms with Gasteiger partial charge in [-0.3, -0.25) is 9.78 Å². The van der Waals surface area contributed by atoms with Crippen molar-refractivity contribution in [1.82, 2.24) is 20.1 Å². The van der Waals surface area contributed by atoms with Gasteiger partial charge in [-0.25, -0.2) is 9.07 Å². The number of fused-ring (bicyclic) bond motifs is 1. The van der Waals surface area contributed by atoms with Gasteiger partial charge >= 0.3 is 6.18 Å². The second kappa shape index (κ2) is 9.90. The van der Waals surface area contributed by atoms with Crippen molar-refractivity contribution in [1.29, 1.82) is 0 Å². The quantitative estimate of drug-likeness (QED) is 0.237. The second-order valence-electron chi connectivity index (χ2n) is 8.62. The summed E-state index contributed by atoms with van der Waals surface area (Å²) < 4.78 is 53.7. The van der Waals surface area contributed by atoms with Crippen LogP contribution in [0.2, 0.25) is 5.02 Å². The van der Waals surface area contributed by atoms with Crippen LogP contribution in [-0.2, 0) is 6.18 Å². The van der Waals surface area contributed by atoms with E-state index in [-0.39, 0.29) is 0 Å². The van der Waals surface area contributed by atoms with Crippen LogP contribution >= 0.6 is 11.6 Å². The first-order valence-corrected chi connectivity index (χ1v) is 11.9.